The van der Waals surface area contributed by atoms with Crippen molar-refractivity contribution in [1.82, 2.24) is 0 Å². The van der Waals surface area contributed by atoms with Crippen LogP contribution in [-0.4, -0.2) is 5.91 Å². The van der Waals surface area contributed by atoms with E-state index in [2.05, 4.69) is 5.32 Å². The topological polar surface area (TPSA) is 29.1 Å². The van der Waals surface area contributed by atoms with Crippen molar-refractivity contribution in [2.75, 3.05) is 5.32 Å². The molecule has 1 N–H and O–H groups in total. The summed E-state index contributed by atoms with van der Waals surface area (Å²) in [5.74, 6) is -2.00. The lowest BCUT2D eigenvalue weighted by atomic mass is 10.1. The zero-order valence-corrected chi connectivity index (χ0v) is 11.1. The number of hydrogen-bond acceptors (Lipinski definition) is 1. The SMILES string of the molecule is CCc1ccc(CC(=O)Nc2c(F)cccc2F)cc1. The van der Waals surface area contributed by atoms with E-state index in [9.17, 15) is 13.6 Å². The van der Waals surface area contributed by atoms with E-state index >= 15 is 0 Å². The highest BCUT2D eigenvalue weighted by Crippen LogP contribution is 2.18. The van der Waals surface area contributed by atoms with Crippen molar-refractivity contribution in [2.45, 2.75) is 19.8 Å². The van der Waals surface area contributed by atoms with Crippen LogP contribution in [0.25, 0.3) is 0 Å². The van der Waals surface area contributed by atoms with E-state index in [-0.39, 0.29) is 6.42 Å². The molecule has 2 aromatic carbocycles. The minimum absolute atomic E-state index is 0.0811. The summed E-state index contributed by atoms with van der Waals surface area (Å²) in [4.78, 5) is 11.8. The largest absolute Gasteiger partial charge is 0.321 e. The van der Waals surface area contributed by atoms with E-state index in [4.69, 9.17) is 0 Å². The van der Waals surface area contributed by atoms with Crippen molar-refractivity contribution in [1.29, 1.82) is 0 Å². The third-order valence-electron chi connectivity index (χ3n) is 3.02. The lowest BCUT2D eigenvalue weighted by Crippen LogP contribution is -2.16. The van der Waals surface area contributed by atoms with Crippen molar-refractivity contribution in [3.8, 4) is 0 Å². The zero-order valence-electron chi connectivity index (χ0n) is 11.1. The molecule has 0 saturated heterocycles. The van der Waals surface area contributed by atoms with Crippen LogP contribution in [0, 0.1) is 11.6 Å². The lowest BCUT2D eigenvalue weighted by Gasteiger charge is -2.08. The highest BCUT2D eigenvalue weighted by molar-refractivity contribution is 5.92. The van der Waals surface area contributed by atoms with Crippen LogP contribution < -0.4 is 5.32 Å². The van der Waals surface area contributed by atoms with Crippen LogP contribution in [0.3, 0.4) is 0 Å². The normalized spacial score (nSPS) is 10.3. The van der Waals surface area contributed by atoms with Crippen molar-refractivity contribution in [3.05, 3.63) is 65.2 Å². The van der Waals surface area contributed by atoms with Gasteiger partial charge >= 0.3 is 0 Å². The van der Waals surface area contributed by atoms with Crippen molar-refractivity contribution >= 4 is 11.6 Å². The van der Waals surface area contributed by atoms with Crippen LogP contribution in [0.2, 0.25) is 0 Å². The number of hydrogen-bond donors (Lipinski definition) is 1. The summed E-state index contributed by atoms with van der Waals surface area (Å²) < 4.78 is 26.8. The second kappa shape index (κ2) is 6.28. The van der Waals surface area contributed by atoms with Gasteiger partial charge in [-0.05, 0) is 29.7 Å². The van der Waals surface area contributed by atoms with Gasteiger partial charge in [0, 0.05) is 0 Å². The Labute approximate surface area is 116 Å². The summed E-state index contributed by atoms with van der Waals surface area (Å²) in [6, 6.07) is 11.0. The molecule has 0 bridgehead atoms. The third-order valence-corrected chi connectivity index (χ3v) is 3.02. The number of nitrogens with one attached hydrogen (secondary N) is 1. The van der Waals surface area contributed by atoms with Crippen LogP contribution in [0.1, 0.15) is 18.1 Å². The Morgan fingerprint density at radius 1 is 1.00 bits per heavy atom. The van der Waals surface area contributed by atoms with Gasteiger partial charge in [0.15, 0.2) is 0 Å². The summed E-state index contributed by atoms with van der Waals surface area (Å²) >= 11 is 0. The number of aryl methyl sites for hydroxylation is 1. The molecule has 104 valence electrons. The molecule has 0 spiro atoms. The van der Waals surface area contributed by atoms with Gasteiger partial charge in [0.1, 0.15) is 17.3 Å². The quantitative estimate of drug-likeness (QED) is 0.905. The van der Waals surface area contributed by atoms with Gasteiger partial charge in [-0.3, -0.25) is 4.79 Å². The van der Waals surface area contributed by atoms with Crippen LogP contribution in [0.5, 0.6) is 0 Å². The molecule has 0 radical (unpaired) electrons. The van der Waals surface area contributed by atoms with Gasteiger partial charge in [-0.15, -0.1) is 0 Å². The van der Waals surface area contributed by atoms with Gasteiger partial charge in [-0.25, -0.2) is 8.78 Å². The molecule has 0 unspecified atom stereocenters. The van der Waals surface area contributed by atoms with Crippen LogP contribution in [-0.2, 0) is 17.6 Å². The van der Waals surface area contributed by atoms with Gasteiger partial charge in [-0.2, -0.15) is 0 Å². The first kappa shape index (κ1) is 14.2. The first-order valence-corrected chi connectivity index (χ1v) is 6.42. The Kier molecular flexibility index (Phi) is 4.45. The van der Waals surface area contributed by atoms with Crippen molar-refractivity contribution in [2.24, 2.45) is 0 Å². The van der Waals surface area contributed by atoms with Crippen LogP contribution in [0.15, 0.2) is 42.5 Å². The number of rotatable bonds is 4. The van der Waals surface area contributed by atoms with Gasteiger partial charge in [0.05, 0.1) is 6.42 Å². The molecule has 0 heterocycles. The van der Waals surface area contributed by atoms with Crippen molar-refractivity contribution < 1.29 is 13.6 Å². The minimum Gasteiger partial charge on any atom is -0.321 e. The Bertz CT molecular complexity index is 588. The molecule has 0 aliphatic rings. The van der Waals surface area contributed by atoms with Gasteiger partial charge in [0.2, 0.25) is 5.91 Å². The summed E-state index contributed by atoms with van der Waals surface area (Å²) in [6.07, 6.45) is 1.00. The highest BCUT2D eigenvalue weighted by atomic mass is 19.1. The summed E-state index contributed by atoms with van der Waals surface area (Å²) in [5, 5.41) is 2.27. The number of halogens is 2. The molecular formula is C16H15F2NO. The van der Waals surface area contributed by atoms with Gasteiger partial charge < -0.3 is 5.32 Å². The average Bonchev–Trinajstić information content (AvgIpc) is 2.44. The van der Waals surface area contributed by atoms with E-state index in [1.165, 1.54) is 11.6 Å². The summed E-state index contributed by atoms with van der Waals surface area (Å²) in [6.45, 7) is 2.04. The van der Waals surface area contributed by atoms with E-state index < -0.39 is 23.2 Å². The average molecular weight is 275 g/mol. The fourth-order valence-corrected chi connectivity index (χ4v) is 1.88. The van der Waals surface area contributed by atoms with E-state index in [0.29, 0.717) is 0 Å². The number of carbonyl (C=O) groups excluding carboxylic acids is 1. The molecule has 2 aromatic rings. The highest BCUT2D eigenvalue weighted by Gasteiger charge is 2.12. The fourth-order valence-electron chi connectivity index (χ4n) is 1.88. The smallest absolute Gasteiger partial charge is 0.228 e. The molecule has 2 rings (SSSR count). The van der Waals surface area contributed by atoms with Gasteiger partial charge in [0.25, 0.3) is 0 Å². The summed E-state index contributed by atoms with van der Waals surface area (Å²) in [5.41, 5.74) is 1.58. The third kappa shape index (κ3) is 3.41. The molecule has 1 amide bonds. The number of anilines is 1. The molecule has 0 aromatic heterocycles. The predicted molar refractivity (Wildman–Crippen MR) is 74.5 cm³/mol. The molecule has 20 heavy (non-hydrogen) atoms. The molecular weight excluding hydrogens is 260 g/mol. The maximum Gasteiger partial charge on any atom is 0.228 e. The van der Waals surface area contributed by atoms with Gasteiger partial charge in [-0.1, -0.05) is 37.3 Å². The number of carbonyl (C=O) groups is 1. The Morgan fingerprint density at radius 3 is 2.10 bits per heavy atom. The standard InChI is InChI=1S/C16H15F2NO/c1-2-11-6-8-12(9-7-11)10-15(20)19-16-13(17)4-3-5-14(16)18/h3-9H,2,10H2,1H3,(H,19,20). The molecule has 0 saturated carbocycles. The second-order valence-electron chi connectivity index (χ2n) is 4.49. The number of benzene rings is 2. The molecule has 4 heteroatoms. The first-order valence-electron chi connectivity index (χ1n) is 6.42. The predicted octanol–water partition coefficient (Wildman–Crippen LogP) is 3.71. The molecule has 0 atom stereocenters. The number of para-hydroxylation sites is 1. The molecule has 0 aliphatic carbocycles. The maximum absolute atomic E-state index is 13.4. The Morgan fingerprint density at radius 2 is 1.55 bits per heavy atom. The monoisotopic (exact) mass is 275 g/mol. The Balaban J connectivity index is 2.05. The Hall–Kier alpha value is -2.23. The lowest BCUT2D eigenvalue weighted by molar-refractivity contribution is -0.115. The molecule has 2 nitrogen and oxygen atoms in total. The maximum atomic E-state index is 13.4. The molecule has 0 aliphatic heterocycles. The minimum atomic E-state index is -0.778. The molecule has 0 fully saturated rings. The summed E-state index contributed by atoms with van der Waals surface area (Å²) in [7, 11) is 0. The fraction of sp³-hybridized carbons (Fsp3) is 0.188. The van der Waals surface area contributed by atoms with E-state index in [0.717, 1.165) is 24.1 Å². The van der Waals surface area contributed by atoms with E-state index in [1.807, 2.05) is 31.2 Å². The first-order chi connectivity index (χ1) is 9.60. The second-order valence-corrected chi connectivity index (χ2v) is 4.49. The van der Waals surface area contributed by atoms with Crippen LogP contribution in [0.4, 0.5) is 14.5 Å². The zero-order chi connectivity index (χ0) is 14.5. The van der Waals surface area contributed by atoms with E-state index in [1.54, 1.807) is 0 Å². The van der Waals surface area contributed by atoms with Crippen LogP contribution >= 0.6 is 0 Å². The van der Waals surface area contributed by atoms with Crippen molar-refractivity contribution in [3.63, 3.8) is 0 Å². The number of amides is 1.